The smallest absolute Gasteiger partial charge is 0.315 e. The third kappa shape index (κ3) is 4.09. The van der Waals surface area contributed by atoms with Crippen molar-refractivity contribution in [3.8, 4) is 0 Å². The highest BCUT2D eigenvalue weighted by Gasteiger charge is 2.18. The van der Waals surface area contributed by atoms with Crippen LogP contribution < -0.4 is 10.6 Å². The molecule has 2 aromatic heterocycles. The fourth-order valence-electron chi connectivity index (χ4n) is 1.87. The zero-order valence-electron chi connectivity index (χ0n) is 12.0. The van der Waals surface area contributed by atoms with Crippen LogP contribution in [0.2, 0.25) is 0 Å². The van der Waals surface area contributed by atoms with E-state index in [2.05, 4.69) is 27.2 Å². The van der Waals surface area contributed by atoms with E-state index in [1.54, 1.807) is 17.5 Å². The first kappa shape index (κ1) is 14.6. The number of nitrogens with one attached hydrogen (secondary N) is 2. The summed E-state index contributed by atoms with van der Waals surface area (Å²) in [6.07, 6.45) is 3.65. The Kier molecular flexibility index (Phi) is 4.44. The first-order valence-corrected chi connectivity index (χ1v) is 7.47. The number of nitrogens with zero attached hydrogens (tertiary/aromatic N) is 2. The van der Waals surface area contributed by atoms with Gasteiger partial charge in [0.25, 0.3) is 0 Å². The largest absolute Gasteiger partial charge is 0.336 e. The van der Waals surface area contributed by atoms with E-state index in [1.807, 2.05) is 43.1 Å². The first-order valence-electron chi connectivity index (χ1n) is 6.53. The molecule has 1 unspecified atom stereocenters. The first-order chi connectivity index (χ1) is 9.46. The number of aromatic nitrogens is 2. The van der Waals surface area contributed by atoms with Gasteiger partial charge in [-0.3, -0.25) is 4.68 Å². The lowest BCUT2D eigenvalue weighted by Crippen LogP contribution is -2.47. The Balaban J connectivity index is 2.01. The molecule has 0 aliphatic heterocycles. The third-order valence-electron chi connectivity index (χ3n) is 2.72. The van der Waals surface area contributed by atoms with Gasteiger partial charge >= 0.3 is 6.03 Å². The normalized spacial score (nSPS) is 12.9. The predicted molar refractivity (Wildman–Crippen MR) is 81.0 cm³/mol. The summed E-state index contributed by atoms with van der Waals surface area (Å²) in [7, 11) is 0. The summed E-state index contributed by atoms with van der Waals surface area (Å²) in [5.74, 6) is 0. The molecule has 1 atom stereocenters. The predicted octanol–water partition coefficient (Wildman–Crippen LogP) is 2.63. The van der Waals surface area contributed by atoms with E-state index in [9.17, 15) is 4.79 Å². The Morgan fingerprint density at radius 2 is 2.30 bits per heavy atom. The molecule has 0 aliphatic rings. The Bertz CT molecular complexity index is 494. The molecule has 0 aromatic carbocycles. The molecule has 2 heterocycles. The second kappa shape index (κ2) is 6.09. The van der Waals surface area contributed by atoms with Crippen LogP contribution in [0.3, 0.4) is 0 Å². The van der Waals surface area contributed by atoms with Gasteiger partial charge in [-0.1, -0.05) is 0 Å². The number of amides is 2. The maximum Gasteiger partial charge on any atom is 0.315 e. The Hall–Kier alpha value is -1.82. The molecule has 20 heavy (non-hydrogen) atoms. The third-order valence-corrected chi connectivity index (χ3v) is 3.42. The molecule has 0 aliphatic carbocycles. The summed E-state index contributed by atoms with van der Waals surface area (Å²) < 4.78 is 1.86. The number of urea groups is 1. The molecule has 108 valence electrons. The maximum atomic E-state index is 11.9. The van der Waals surface area contributed by atoms with Crippen molar-refractivity contribution in [3.63, 3.8) is 0 Å². The van der Waals surface area contributed by atoms with Gasteiger partial charge in [-0.15, -0.1) is 0 Å². The van der Waals surface area contributed by atoms with Crippen LogP contribution in [0.4, 0.5) is 4.79 Å². The van der Waals surface area contributed by atoms with E-state index >= 15 is 0 Å². The monoisotopic (exact) mass is 292 g/mol. The molecule has 0 bridgehead atoms. The van der Waals surface area contributed by atoms with Crippen molar-refractivity contribution in [1.82, 2.24) is 20.4 Å². The van der Waals surface area contributed by atoms with Crippen LogP contribution in [0, 0.1) is 0 Å². The summed E-state index contributed by atoms with van der Waals surface area (Å²) >= 11 is 1.64. The van der Waals surface area contributed by atoms with Crippen LogP contribution in [0.5, 0.6) is 0 Å². The van der Waals surface area contributed by atoms with Crippen molar-refractivity contribution < 1.29 is 4.79 Å². The van der Waals surface area contributed by atoms with E-state index in [-0.39, 0.29) is 17.6 Å². The molecule has 5 nitrogen and oxygen atoms in total. The highest BCUT2D eigenvalue weighted by atomic mass is 32.1. The van der Waals surface area contributed by atoms with Gasteiger partial charge in [-0.25, -0.2) is 4.79 Å². The minimum absolute atomic E-state index is 0.0157. The van der Waals surface area contributed by atoms with Crippen molar-refractivity contribution >= 4 is 17.4 Å². The van der Waals surface area contributed by atoms with Crippen molar-refractivity contribution in [2.75, 3.05) is 6.54 Å². The zero-order chi connectivity index (χ0) is 14.6. The molecule has 0 radical (unpaired) electrons. The Morgan fingerprint density at radius 3 is 2.85 bits per heavy atom. The molecular weight excluding hydrogens is 272 g/mol. The topological polar surface area (TPSA) is 59.0 Å². The molecule has 2 N–H and O–H groups in total. The van der Waals surface area contributed by atoms with Gasteiger partial charge in [0.15, 0.2) is 0 Å². The molecule has 2 aromatic rings. The summed E-state index contributed by atoms with van der Waals surface area (Å²) in [6, 6.07) is 3.79. The number of rotatable bonds is 4. The van der Waals surface area contributed by atoms with Crippen LogP contribution in [0.25, 0.3) is 0 Å². The Morgan fingerprint density at radius 1 is 1.50 bits per heavy atom. The lowest BCUT2D eigenvalue weighted by Gasteiger charge is -2.23. The summed E-state index contributed by atoms with van der Waals surface area (Å²) in [5, 5.41) is 14.2. The number of hydrogen-bond donors (Lipinski definition) is 2. The molecule has 0 spiro atoms. The molecule has 0 saturated heterocycles. The van der Waals surface area contributed by atoms with Gasteiger partial charge in [-0.2, -0.15) is 16.4 Å². The van der Waals surface area contributed by atoms with Crippen molar-refractivity contribution in [2.45, 2.75) is 32.4 Å². The van der Waals surface area contributed by atoms with Crippen molar-refractivity contribution in [2.24, 2.45) is 0 Å². The summed E-state index contributed by atoms with van der Waals surface area (Å²) in [5.41, 5.74) is 0.906. The Labute approximate surface area is 123 Å². The average Bonchev–Trinajstić information content (AvgIpc) is 2.98. The molecule has 6 heteroatoms. The standard InChI is InChI=1S/C14H20N4OS/c1-14(2,3)17-13(19)15-9-12(11-5-8-20-10-11)18-7-4-6-16-18/h4-8,10,12H,9H2,1-3H3,(H2,15,17,19). The molecular formula is C14H20N4OS. The number of hydrogen-bond acceptors (Lipinski definition) is 3. The number of carbonyl (C=O) groups excluding carboxylic acids is 1. The second-order valence-corrected chi connectivity index (χ2v) is 6.42. The fourth-order valence-corrected chi connectivity index (χ4v) is 2.57. The summed E-state index contributed by atoms with van der Waals surface area (Å²) in [6.45, 7) is 6.36. The average molecular weight is 292 g/mol. The zero-order valence-corrected chi connectivity index (χ0v) is 12.8. The van der Waals surface area contributed by atoms with E-state index < -0.39 is 0 Å². The minimum atomic E-state index is -0.242. The molecule has 2 amide bonds. The second-order valence-electron chi connectivity index (χ2n) is 5.64. The van der Waals surface area contributed by atoms with Crippen LogP contribution in [0.1, 0.15) is 32.4 Å². The lowest BCUT2D eigenvalue weighted by molar-refractivity contribution is 0.230. The van der Waals surface area contributed by atoms with Crippen molar-refractivity contribution in [1.29, 1.82) is 0 Å². The van der Waals surface area contributed by atoms with Gasteiger partial charge in [0.1, 0.15) is 0 Å². The highest BCUT2D eigenvalue weighted by Crippen LogP contribution is 2.19. The molecule has 0 fully saturated rings. The molecule has 0 saturated carbocycles. The van der Waals surface area contributed by atoms with E-state index in [4.69, 9.17) is 0 Å². The van der Waals surface area contributed by atoms with E-state index in [1.165, 1.54) is 0 Å². The van der Waals surface area contributed by atoms with Gasteiger partial charge in [0, 0.05) is 24.5 Å². The number of thiophene rings is 1. The SMILES string of the molecule is CC(C)(C)NC(=O)NCC(c1ccsc1)n1cccn1. The minimum Gasteiger partial charge on any atom is -0.336 e. The van der Waals surface area contributed by atoms with Crippen LogP contribution >= 0.6 is 11.3 Å². The van der Waals surface area contributed by atoms with Gasteiger partial charge in [-0.05, 0) is 49.2 Å². The van der Waals surface area contributed by atoms with E-state index in [0.717, 1.165) is 5.56 Å². The number of carbonyl (C=O) groups is 1. The maximum absolute atomic E-state index is 11.9. The van der Waals surface area contributed by atoms with Gasteiger partial charge in [0.05, 0.1) is 6.04 Å². The highest BCUT2D eigenvalue weighted by molar-refractivity contribution is 7.07. The van der Waals surface area contributed by atoms with Crippen LogP contribution in [-0.2, 0) is 0 Å². The van der Waals surface area contributed by atoms with Crippen LogP contribution in [-0.4, -0.2) is 27.9 Å². The van der Waals surface area contributed by atoms with E-state index in [0.29, 0.717) is 6.54 Å². The molecule has 2 rings (SSSR count). The fraction of sp³-hybridized carbons (Fsp3) is 0.429. The quantitative estimate of drug-likeness (QED) is 0.910. The van der Waals surface area contributed by atoms with Crippen molar-refractivity contribution in [3.05, 3.63) is 40.8 Å². The summed E-state index contributed by atoms with van der Waals surface area (Å²) in [4.78, 5) is 11.9. The van der Waals surface area contributed by atoms with Gasteiger partial charge in [0.2, 0.25) is 0 Å². The lowest BCUT2D eigenvalue weighted by atomic mass is 10.1. The van der Waals surface area contributed by atoms with Crippen LogP contribution in [0.15, 0.2) is 35.3 Å². The van der Waals surface area contributed by atoms with Gasteiger partial charge < -0.3 is 10.6 Å².